The van der Waals surface area contributed by atoms with Gasteiger partial charge in [0.2, 0.25) is 0 Å². The van der Waals surface area contributed by atoms with E-state index < -0.39 is 0 Å². The van der Waals surface area contributed by atoms with Gasteiger partial charge in [0.1, 0.15) is 10.5 Å². The molecular weight excluding hydrogens is 287 g/mol. The first-order valence-corrected chi connectivity index (χ1v) is 6.78. The van der Waals surface area contributed by atoms with Crippen molar-refractivity contribution in [3.8, 4) is 0 Å². The third-order valence-electron chi connectivity index (χ3n) is 2.60. The Bertz CT molecular complexity index is 623. The number of halogens is 2. The molecular formula is C13H12Cl2N2S. The van der Waals surface area contributed by atoms with Crippen LogP contribution in [0.4, 0.5) is 0 Å². The first-order valence-electron chi connectivity index (χ1n) is 5.61. The van der Waals surface area contributed by atoms with Crippen LogP contribution in [0.15, 0.2) is 24.3 Å². The van der Waals surface area contributed by atoms with Crippen LogP contribution in [0.3, 0.4) is 0 Å². The molecule has 0 amide bonds. The van der Waals surface area contributed by atoms with Crippen LogP contribution in [-0.2, 0) is 12.8 Å². The number of hydrogen-bond acceptors (Lipinski definition) is 2. The molecule has 0 aliphatic carbocycles. The fourth-order valence-corrected chi connectivity index (χ4v) is 2.41. The van der Waals surface area contributed by atoms with E-state index >= 15 is 0 Å². The van der Waals surface area contributed by atoms with E-state index in [1.807, 2.05) is 18.2 Å². The molecule has 2 nitrogen and oxygen atoms in total. The summed E-state index contributed by atoms with van der Waals surface area (Å²) in [6.45, 7) is 2.07. The normalized spacial score (nSPS) is 10.6. The van der Waals surface area contributed by atoms with Crippen molar-refractivity contribution in [3.05, 3.63) is 56.0 Å². The molecule has 2 rings (SSSR count). The lowest BCUT2D eigenvalue weighted by atomic mass is 10.1. The fourth-order valence-electron chi connectivity index (χ4n) is 1.68. The molecule has 0 atom stereocenters. The number of aromatic amines is 1. The van der Waals surface area contributed by atoms with Gasteiger partial charge in [-0.2, -0.15) is 0 Å². The van der Waals surface area contributed by atoms with Crippen LogP contribution in [0.5, 0.6) is 0 Å². The Hall–Kier alpha value is -0.900. The minimum atomic E-state index is 0.602. The standard InChI is InChI=1S/C13H12Cl2N2S/c1-2-10-7-13(18)17-12(16-10)5-8-3-4-9(14)6-11(8)15/h3-4,6-7H,2,5H2,1H3,(H,16,17,18). The number of aromatic nitrogens is 2. The Morgan fingerprint density at radius 3 is 2.72 bits per heavy atom. The number of hydrogen-bond donors (Lipinski definition) is 1. The second-order valence-corrected chi connectivity index (χ2v) is 5.22. The minimum Gasteiger partial charge on any atom is -0.347 e. The van der Waals surface area contributed by atoms with Crippen molar-refractivity contribution < 1.29 is 0 Å². The summed E-state index contributed by atoms with van der Waals surface area (Å²) < 4.78 is 0.602. The highest BCUT2D eigenvalue weighted by atomic mass is 35.5. The highest BCUT2D eigenvalue weighted by Crippen LogP contribution is 2.22. The highest BCUT2D eigenvalue weighted by Gasteiger charge is 2.05. The molecule has 0 aliphatic heterocycles. The molecule has 5 heteroatoms. The zero-order valence-corrected chi connectivity index (χ0v) is 12.2. The summed E-state index contributed by atoms with van der Waals surface area (Å²) in [5.74, 6) is 0.823. The minimum absolute atomic E-state index is 0.602. The molecule has 0 aliphatic rings. The van der Waals surface area contributed by atoms with Crippen molar-refractivity contribution in [1.82, 2.24) is 9.97 Å². The van der Waals surface area contributed by atoms with Crippen LogP contribution < -0.4 is 0 Å². The Kier molecular flexibility index (Phi) is 4.38. The molecule has 1 aromatic carbocycles. The lowest BCUT2D eigenvalue weighted by Gasteiger charge is -2.06. The first kappa shape index (κ1) is 13.5. The first-order chi connectivity index (χ1) is 8.58. The average Bonchev–Trinajstić information content (AvgIpc) is 2.32. The van der Waals surface area contributed by atoms with Gasteiger partial charge in [-0.25, -0.2) is 4.98 Å². The molecule has 0 unspecified atom stereocenters. The number of aryl methyl sites for hydroxylation is 1. The van der Waals surface area contributed by atoms with E-state index in [-0.39, 0.29) is 0 Å². The van der Waals surface area contributed by atoms with Crippen LogP contribution in [0, 0.1) is 4.64 Å². The van der Waals surface area contributed by atoms with Gasteiger partial charge in [-0.05, 0) is 30.2 Å². The predicted octanol–water partition coefficient (Wildman–Crippen LogP) is 4.60. The Balaban J connectivity index is 2.33. The Labute approximate surface area is 121 Å². The second kappa shape index (κ2) is 5.83. The van der Waals surface area contributed by atoms with Crippen LogP contribution in [0.1, 0.15) is 24.0 Å². The quantitative estimate of drug-likeness (QED) is 0.839. The number of nitrogens with zero attached hydrogens (tertiary/aromatic N) is 1. The van der Waals surface area contributed by atoms with Crippen molar-refractivity contribution in [3.63, 3.8) is 0 Å². The number of benzene rings is 1. The third kappa shape index (κ3) is 3.31. The van der Waals surface area contributed by atoms with Crippen molar-refractivity contribution in [2.24, 2.45) is 0 Å². The smallest absolute Gasteiger partial charge is 0.130 e. The van der Waals surface area contributed by atoms with E-state index in [1.54, 1.807) is 6.07 Å². The van der Waals surface area contributed by atoms with Gasteiger partial charge in [0.05, 0.1) is 0 Å². The van der Waals surface area contributed by atoms with Crippen molar-refractivity contribution in [2.45, 2.75) is 19.8 Å². The van der Waals surface area contributed by atoms with Crippen LogP contribution in [0.2, 0.25) is 10.0 Å². The van der Waals surface area contributed by atoms with E-state index in [1.165, 1.54) is 0 Å². The summed E-state index contributed by atoms with van der Waals surface area (Å²) in [7, 11) is 0. The average molecular weight is 299 g/mol. The predicted molar refractivity (Wildman–Crippen MR) is 78.1 cm³/mol. The maximum Gasteiger partial charge on any atom is 0.130 e. The molecule has 0 spiro atoms. The molecule has 0 saturated heterocycles. The molecule has 0 bridgehead atoms. The number of H-pyrrole nitrogens is 1. The van der Waals surface area contributed by atoms with Gasteiger partial charge < -0.3 is 4.98 Å². The largest absolute Gasteiger partial charge is 0.347 e. The van der Waals surface area contributed by atoms with E-state index in [0.29, 0.717) is 21.1 Å². The SMILES string of the molecule is CCc1cc(=S)nc(Cc2ccc(Cl)cc2Cl)[nH]1. The van der Waals surface area contributed by atoms with Crippen molar-refractivity contribution in [2.75, 3.05) is 0 Å². The molecule has 1 aromatic heterocycles. The topological polar surface area (TPSA) is 28.7 Å². The van der Waals surface area contributed by atoms with Gasteiger partial charge in [-0.1, -0.05) is 48.4 Å². The molecule has 0 saturated carbocycles. The maximum atomic E-state index is 6.14. The molecule has 0 radical (unpaired) electrons. The zero-order chi connectivity index (χ0) is 13.1. The summed E-state index contributed by atoms with van der Waals surface area (Å²) in [4.78, 5) is 7.56. The van der Waals surface area contributed by atoms with E-state index in [4.69, 9.17) is 35.4 Å². The van der Waals surface area contributed by atoms with E-state index in [0.717, 1.165) is 23.5 Å². The van der Waals surface area contributed by atoms with Crippen LogP contribution >= 0.6 is 35.4 Å². The molecule has 1 N–H and O–H groups in total. The summed E-state index contributed by atoms with van der Waals surface area (Å²) in [6.07, 6.45) is 1.51. The molecule has 94 valence electrons. The number of nitrogens with one attached hydrogen (secondary N) is 1. The summed E-state index contributed by atoms with van der Waals surface area (Å²) in [6, 6.07) is 7.34. The second-order valence-electron chi connectivity index (χ2n) is 3.96. The maximum absolute atomic E-state index is 6.14. The van der Waals surface area contributed by atoms with Crippen LogP contribution in [0.25, 0.3) is 0 Å². The zero-order valence-electron chi connectivity index (χ0n) is 9.84. The monoisotopic (exact) mass is 298 g/mol. The lowest BCUT2D eigenvalue weighted by Crippen LogP contribution is -2.00. The van der Waals surface area contributed by atoms with Crippen molar-refractivity contribution in [1.29, 1.82) is 0 Å². The van der Waals surface area contributed by atoms with E-state index in [2.05, 4.69) is 16.9 Å². The van der Waals surface area contributed by atoms with Gasteiger partial charge in [-0.3, -0.25) is 0 Å². The van der Waals surface area contributed by atoms with Crippen molar-refractivity contribution >= 4 is 35.4 Å². The number of rotatable bonds is 3. The Morgan fingerprint density at radius 2 is 2.06 bits per heavy atom. The van der Waals surface area contributed by atoms with Crippen LogP contribution in [-0.4, -0.2) is 9.97 Å². The van der Waals surface area contributed by atoms with Gasteiger partial charge in [0, 0.05) is 22.2 Å². The fraction of sp³-hybridized carbons (Fsp3) is 0.231. The molecule has 2 aromatic rings. The van der Waals surface area contributed by atoms with Gasteiger partial charge in [0.25, 0.3) is 0 Å². The summed E-state index contributed by atoms with van der Waals surface area (Å²) in [5.41, 5.74) is 2.06. The summed E-state index contributed by atoms with van der Waals surface area (Å²) >= 11 is 17.1. The van der Waals surface area contributed by atoms with Gasteiger partial charge >= 0.3 is 0 Å². The van der Waals surface area contributed by atoms with E-state index in [9.17, 15) is 0 Å². The molecule has 18 heavy (non-hydrogen) atoms. The van der Waals surface area contributed by atoms with Gasteiger partial charge in [0.15, 0.2) is 0 Å². The lowest BCUT2D eigenvalue weighted by molar-refractivity contribution is 0.899. The highest BCUT2D eigenvalue weighted by molar-refractivity contribution is 7.71. The molecule has 1 heterocycles. The Morgan fingerprint density at radius 1 is 1.28 bits per heavy atom. The third-order valence-corrected chi connectivity index (χ3v) is 3.40. The summed E-state index contributed by atoms with van der Waals surface area (Å²) in [5, 5.41) is 1.28. The van der Waals surface area contributed by atoms with Gasteiger partial charge in [-0.15, -0.1) is 0 Å². The molecule has 0 fully saturated rings.